The van der Waals surface area contributed by atoms with Gasteiger partial charge < -0.3 is 10.6 Å². The number of hydrogen-bond donors (Lipinski definition) is 2. The number of carbonyl (C=O) groups excluding carboxylic acids is 2. The predicted molar refractivity (Wildman–Crippen MR) is 148 cm³/mol. The van der Waals surface area contributed by atoms with E-state index in [2.05, 4.69) is 15.7 Å². The Bertz CT molecular complexity index is 1630. The van der Waals surface area contributed by atoms with Crippen LogP contribution in [-0.4, -0.2) is 36.6 Å². The Morgan fingerprint density at radius 3 is 2.50 bits per heavy atom. The Balaban J connectivity index is 1.83. The highest BCUT2D eigenvalue weighted by atomic mass is 16.2. The normalized spacial score (nSPS) is 12.3. The molecule has 1 atom stereocenters. The minimum atomic E-state index is -0.567. The number of carbonyl (C=O) groups is 2. The van der Waals surface area contributed by atoms with E-state index in [0.29, 0.717) is 35.5 Å². The van der Waals surface area contributed by atoms with Crippen molar-refractivity contribution in [1.29, 1.82) is 0 Å². The van der Waals surface area contributed by atoms with Crippen molar-refractivity contribution in [1.82, 2.24) is 24.1 Å². The standard InChI is InChI=1S/C28H34N6O4/c1-6-19(5)29-25(36)20-10-11-22-23(15-20)34-27(32(26(22)37)13-12-17(2)3)31-33(28(34)38)16-24(35)30-21-9-7-8-18(4)14-21/h7-11,14-15,17,19H,6,12-13,16H2,1-5H3,(H,29,36)(H,30,35)/t19-/m0/s1. The maximum atomic E-state index is 13.6. The average Bonchev–Trinajstić information content (AvgIpc) is 3.18. The van der Waals surface area contributed by atoms with Crippen molar-refractivity contribution in [3.05, 3.63) is 74.4 Å². The highest BCUT2D eigenvalue weighted by molar-refractivity contribution is 5.98. The maximum Gasteiger partial charge on any atom is 0.352 e. The van der Waals surface area contributed by atoms with Crippen LogP contribution >= 0.6 is 0 Å². The first kappa shape index (κ1) is 26.8. The second-order valence-electron chi connectivity index (χ2n) is 10.1. The SMILES string of the molecule is CC[C@H](C)NC(=O)c1ccc2c(=O)n(CCC(C)C)c3nn(CC(=O)Nc4cccc(C)c4)c(=O)n3c2c1. The third kappa shape index (κ3) is 5.53. The zero-order chi connectivity index (χ0) is 27.6. The fourth-order valence-corrected chi connectivity index (χ4v) is 4.22. The van der Waals surface area contributed by atoms with Crippen LogP contribution < -0.4 is 21.9 Å². The van der Waals surface area contributed by atoms with Crippen LogP contribution in [0, 0.1) is 12.8 Å². The predicted octanol–water partition coefficient (Wildman–Crippen LogP) is 3.33. The van der Waals surface area contributed by atoms with Gasteiger partial charge in [0.1, 0.15) is 6.54 Å². The van der Waals surface area contributed by atoms with Crippen molar-refractivity contribution in [3.63, 3.8) is 0 Å². The quantitative estimate of drug-likeness (QED) is 0.352. The lowest BCUT2D eigenvalue weighted by atomic mass is 10.1. The Morgan fingerprint density at radius 2 is 1.82 bits per heavy atom. The van der Waals surface area contributed by atoms with Gasteiger partial charge >= 0.3 is 5.69 Å². The summed E-state index contributed by atoms with van der Waals surface area (Å²) >= 11 is 0. The molecule has 38 heavy (non-hydrogen) atoms. The zero-order valence-corrected chi connectivity index (χ0v) is 22.4. The summed E-state index contributed by atoms with van der Waals surface area (Å²) in [5, 5.41) is 10.4. The molecule has 4 rings (SSSR count). The molecule has 0 aliphatic heterocycles. The van der Waals surface area contributed by atoms with Crippen LogP contribution in [0.3, 0.4) is 0 Å². The van der Waals surface area contributed by atoms with Gasteiger partial charge in [-0.3, -0.25) is 19.0 Å². The molecule has 0 aliphatic carbocycles. The monoisotopic (exact) mass is 518 g/mol. The molecule has 0 radical (unpaired) electrons. The topological polar surface area (TPSA) is 120 Å². The van der Waals surface area contributed by atoms with Crippen LogP contribution in [0.15, 0.2) is 52.1 Å². The third-order valence-electron chi connectivity index (χ3n) is 6.56. The van der Waals surface area contributed by atoms with Crippen molar-refractivity contribution < 1.29 is 9.59 Å². The Labute approximate surface area is 220 Å². The van der Waals surface area contributed by atoms with E-state index in [1.54, 1.807) is 18.2 Å². The Morgan fingerprint density at radius 1 is 1.05 bits per heavy atom. The highest BCUT2D eigenvalue weighted by Crippen LogP contribution is 2.16. The molecule has 10 nitrogen and oxygen atoms in total. The molecule has 2 N–H and O–H groups in total. The fourth-order valence-electron chi connectivity index (χ4n) is 4.22. The summed E-state index contributed by atoms with van der Waals surface area (Å²) in [5.41, 5.74) is 1.34. The smallest absolute Gasteiger partial charge is 0.350 e. The van der Waals surface area contributed by atoms with Gasteiger partial charge in [0.25, 0.3) is 11.5 Å². The van der Waals surface area contributed by atoms with E-state index in [0.717, 1.165) is 16.7 Å². The van der Waals surface area contributed by atoms with Crippen LogP contribution in [0.5, 0.6) is 0 Å². The molecule has 0 aliphatic rings. The number of benzene rings is 2. The van der Waals surface area contributed by atoms with Gasteiger partial charge in [0.2, 0.25) is 11.7 Å². The molecule has 200 valence electrons. The van der Waals surface area contributed by atoms with Crippen molar-refractivity contribution in [2.75, 3.05) is 5.32 Å². The zero-order valence-electron chi connectivity index (χ0n) is 22.4. The van der Waals surface area contributed by atoms with Gasteiger partial charge in [-0.2, -0.15) is 0 Å². The van der Waals surface area contributed by atoms with E-state index < -0.39 is 11.6 Å². The van der Waals surface area contributed by atoms with Gasteiger partial charge in [0, 0.05) is 23.8 Å². The summed E-state index contributed by atoms with van der Waals surface area (Å²) in [5.74, 6) is -0.263. The van der Waals surface area contributed by atoms with Crippen molar-refractivity contribution in [2.45, 2.75) is 66.6 Å². The lowest BCUT2D eigenvalue weighted by molar-refractivity contribution is -0.117. The van der Waals surface area contributed by atoms with Gasteiger partial charge in [0.15, 0.2) is 0 Å². The number of anilines is 1. The second-order valence-corrected chi connectivity index (χ2v) is 10.1. The summed E-state index contributed by atoms with van der Waals surface area (Å²) in [7, 11) is 0. The van der Waals surface area contributed by atoms with Crippen LogP contribution in [0.1, 0.15) is 56.5 Å². The number of hydrogen-bond acceptors (Lipinski definition) is 5. The number of nitrogens with one attached hydrogen (secondary N) is 2. The molecule has 0 bridgehead atoms. The minimum absolute atomic E-state index is 0.0281. The minimum Gasteiger partial charge on any atom is -0.350 e. The molecule has 4 aromatic rings. The Kier molecular flexibility index (Phi) is 7.80. The van der Waals surface area contributed by atoms with Crippen LogP contribution in [0.4, 0.5) is 5.69 Å². The molecule has 2 aromatic carbocycles. The lowest BCUT2D eigenvalue weighted by Crippen LogP contribution is -2.32. The van der Waals surface area contributed by atoms with Crippen molar-refractivity contribution >= 4 is 34.2 Å². The second kappa shape index (κ2) is 11.0. The molecule has 0 saturated heterocycles. The summed E-state index contributed by atoms with van der Waals surface area (Å²) in [6.07, 6.45) is 1.46. The van der Waals surface area contributed by atoms with Gasteiger partial charge in [-0.25, -0.2) is 13.9 Å². The summed E-state index contributed by atoms with van der Waals surface area (Å²) in [6, 6.07) is 12.0. The summed E-state index contributed by atoms with van der Waals surface area (Å²) in [4.78, 5) is 52.6. The van der Waals surface area contributed by atoms with E-state index >= 15 is 0 Å². The maximum absolute atomic E-state index is 13.6. The van der Waals surface area contributed by atoms with E-state index in [9.17, 15) is 19.2 Å². The summed E-state index contributed by atoms with van der Waals surface area (Å²) < 4.78 is 3.84. The number of rotatable bonds is 9. The molecule has 2 aromatic heterocycles. The van der Waals surface area contributed by atoms with Crippen LogP contribution in [-0.2, 0) is 17.9 Å². The first-order chi connectivity index (χ1) is 18.1. The number of aryl methyl sites for hydroxylation is 2. The molecule has 10 heteroatoms. The number of amides is 2. The van der Waals surface area contributed by atoms with Crippen LogP contribution in [0.25, 0.3) is 16.7 Å². The fraction of sp³-hybridized carbons (Fsp3) is 0.393. The summed E-state index contributed by atoms with van der Waals surface area (Å²) in [6.45, 7) is 9.91. The number of nitrogens with zero attached hydrogens (tertiary/aromatic N) is 4. The molecule has 2 amide bonds. The van der Waals surface area contributed by atoms with E-state index in [1.807, 2.05) is 52.8 Å². The van der Waals surface area contributed by atoms with E-state index in [-0.39, 0.29) is 35.3 Å². The van der Waals surface area contributed by atoms with Crippen molar-refractivity contribution in [2.24, 2.45) is 5.92 Å². The lowest BCUT2D eigenvalue weighted by Gasteiger charge is -2.13. The first-order valence-corrected chi connectivity index (χ1v) is 12.9. The van der Waals surface area contributed by atoms with Crippen molar-refractivity contribution in [3.8, 4) is 0 Å². The van der Waals surface area contributed by atoms with E-state index in [1.165, 1.54) is 15.0 Å². The number of aromatic nitrogens is 4. The molecule has 0 spiro atoms. The van der Waals surface area contributed by atoms with Gasteiger partial charge in [-0.1, -0.05) is 32.9 Å². The molecule has 0 fully saturated rings. The van der Waals surface area contributed by atoms with Gasteiger partial charge in [0.05, 0.1) is 10.9 Å². The largest absolute Gasteiger partial charge is 0.352 e. The highest BCUT2D eigenvalue weighted by Gasteiger charge is 2.20. The molecule has 0 unspecified atom stereocenters. The number of fused-ring (bicyclic) bond motifs is 3. The van der Waals surface area contributed by atoms with Gasteiger partial charge in [-0.05, 0) is 68.5 Å². The van der Waals surface area contributed by atoms with E-state index in [4.69, 9.17) is 0 Å². The average molecular weight is 519 g/mol. The molecular weight excluding hydrogens is 484 g/mol. The molecular formula is C28H34N6O4. The molecule has 2 heterocycles. The van der Waals surface area contributed by atoms with Crippen LogP contribution in [0.2, 0.25) is 0 Å². The third-order valence-corrected chi connectivity index (χ3v) is 6.56. The van der Waals surface area contributed by atoms with Gasteiger partial charge in [-0.15, -0.1) is 5.10 Å². The molecule has 0 saturated carbocycles. The Hall–Kier alpha value is -4.21. The first-order valence-electron chi connectivity index (χ1n) is 12.9.